The molecule has 0 saturated carbocycles. The molecule has 0 aromatic rings. The quantitative estimate of drug-likeness (QED) is 0.268. The number of hydrogen-bond acceptors (Lipinski definition) is 4. The lowest BCUT2D eigenvalue weighted by Gasteiger charge is -2.03. The van der Waals surface area contributed by atoms with Gasteiger partial charge in [-0.25, -0.2) is 0 Å². The minimum absolute atomic E-state index is 2.01. The third kappa shape index (κ3) is 12.4. The van der Waals surface area contributed by atoms with Gasteiger partial charge in [0.2, 0.25) is 22.0 Å². The van der Waals surface area contributed by atoms with E-state index in [1.807, 2.05) is 0 Å². The van der Waals surface area contributed by atoms with Crippen LogP contribution in [-0.4, -0.2) is 46.7 Å². The molecule has 0 heterocycles. The van der Waals surface area contributed by atoms with Crippen LogP contribution >= 0.6 is 23.2 Å². The van der Waals surface area contributed by atoms with Crippen LogP contribution in [0.5, 0.6) is 0 Å². The van der Waals surface area contributed by atoms with Crippen molar-refractivity contribution in [3.63, 3.8) is 0 Å². The molecule has 164 valence electrons. The Labute approximate surface area is 155 Å². The fourth-order valence-electron chi connectivity index (χ4n) is 0.422. The average molecular weight is 483 g/mol. The van der Waals surface area contributed by atoms with Gasteiger partial charge >= 0.3 is 24.7 Å². The second kappa shape index (κ2) is 9.99. The lowest BCUT2D eigenvalue weighted by Crippen LogP contribution is -2.31. The molecule has 0 aliphatic carbocycles. The van der Waals surface area contributed by atoms with E-state index in [1.54, 1.807) is 0 Å². The predicted octanol–water partition coefficient (Wildman–Crippen LogP) is 4.04. The summed E-state index contributed by atoms with van der Waals surface area (Å²) in [6.45, 7) is 0. The van der Waals surface area contributed by atoms with Crippen LogP contribution in [0.2, 0.25) is 0 Å². The van der Waals surface area contributed by atoms with E-state index < -0.39 is 46.7 Å². The van der Waals surface area contributed by atoms with Gasteiger partial charge in [-0.1, -0.05) is 23.2 Å². The van der Waals surface area contributed by atoms with Gasteiger partial charge in [0.1, 0.15) is 0 Å². The van der Waals surface area contributed by atoms with Crippen molar-refractivity contribution in [3.05, 3.63) is 0 Å². The van der Waals surface area contributed by atoms with Crippen molar-refractivity contribution in [2.24, 2.45) is 31.9 Å². The first-order chi connectivity index (χ1) is 12.1. The highest BCUT2D eigenvalue weighted by molar-refractivity contribution is 6.67. The molecule has 0 spiro atoms. The molecule has 0 bridgehead atoms. The van der Waals surface area contributed by atoms with Gasteiger partial charge in [-0.05, 0) is 0 Å². The molecule has 0 radical (unpaired) electrons. The minimum atomic E-state index is -5.04. The fraction of sp³-hybridized carbons (Fsp3) is 0.500. The number of rotatable bonds is 2. The Bertz CT molecular complexity index is 526. The first kappa shape index (κ1) is 28.2. The second-order valence-electron chi connectivity index (χ2n) is 3.74. The van der Waals surface area contributed by atoms with Crippen molar-refractivity contribution in [1.29, 1.82) is 0 Å². The Hall–Kier alpha value is -1.98. The van der Waals surface area contributed by atoms with Crippen LogP contribution in [0.25, 0.3) is 0 Å². The minimum Gasteiger partial charge on any atom is -0.378 e. The Kier molecular flexibility index (Phi) is 10.1. The topological polar surface area (TPSA) is 101 Å². The van der Waals surface area contributed by atoms with Crippen molar-refractivity contribution in [2.45, 2.75) is 24.7 Å². The monoisotopic (exact) mass is 482 g/mol. The van der Waals surface area contributed by atoms with Gasteiger partial charge in [0.15, 0.2) is 0 Å². The molecule has 4 N–H and O–H groups in total. The van der Waals surface area contributed by atoms with Gasteiger partial charge < -0.3 is 11.5 Å². The summed E-state index contributed by atoms with van der Waals surface area (Å²) in [6, 6.07) is 0. The van der Waals surface area contributed by atoms with Crippen molar-refractivity contribution < 1.29 is 52.7 Å². The van der Waals surface area contributed by atoms with E-state index in [1.165, 1.54) is 0 Å². The van der Waals surface area contributed by atoms with Crippen LogP contribution < -0.4 is 11.5 Å². The smallest absolute Gasteiger partial charge is 0.378 e. The van der Waals surface area contributed by atoms with Crippen LogP contribution in [0.4, 0.5) is 52.7 Å². The molecule has 0 amide bonds. The number of alkyl halides is 12. The van der Waals surface area contributed by atoms with E-state index in [9.17, 15) is 52.7 Å². The van der Waals surface area contributed by atoms with Gasteiger partial charge in [-0.15, -0.1) is 20.4 Å². The van der Waals surface area contributed by atoms with E-state index in [0.29, 0.717) is 0 Å². The average Bonchev–Trinajstić information content (AvgIpc) is 2.45. The molecular weight excluding hydrogens is 479 g/mol. The molecule has 0 aromatic carbocycles. The summed E-state index contributed by atoms with van der Waals surface area (Å²) >= 11 is 8.89. The zero-order valence-corrected chi connectivity index (χ0v) is 13.7. The first-order valence-corrected chi connectivity index (χ1v) is 6.27. The molecule has 28 heavy (non-hydrogen) atoms. The zero-order valence-electron chi connectivity index (χ0n) is 12.2. The molecule has 0 aliphatic heterocycles. The molecule has 0 fully saturated rings. The van der Waals surface area contributed by atoms with Crippen molar-refractivity contribution in [1.82, 2.24) is 0 Å². The standard InChI is InChI=1S/2C4H2ClF6N3/c2*5-1(3(6,7)8)13-14-2(12)4(9,10)11/h2*(H2,12,14)/b2*13-1-. The molecule has 0 atom stereocenters. The highest BCUT2D eigenvalue weighted by Crippen LogP contribution is 2.21. The molecular formula is C8H4Cl2F12N6. The molecule has 0 rings (SSSR count). The number of nitrogens with zero attached hydrogens (tertiary/aromatic N) is 4. The lowest BCUT2D eigenvalue weighted by molar-refractivity contribution is -0.0613. The highest BCUT2D eigenvalue weighted by Gasteiger charge is 2.37. The van der Waals surface area contributed by atoms with Crippen LogP contribution in [0, 0.1) is 0 Å². The molecule has 0 saturated heterocycles. The molecule has 0 aliphatic rings. The van der Waals surface area contributed by atoms with Gasteiger partial charge in [-0.2, -0.15) is 52.7 Å². The largest absolute Gasteiger partial charge is 0.450 e. The van der Waals surface area contributed by atoms with Crippen LogP contribution in [0.15, 0.2) is 20.4 Å². The summed E-state index contributed by atoms with van der Waals surface area (Å²) in [5.74, 6) is -4.03. The van der Waals surface area contributed by atoms with E-state index in [0.717, 1.165) is 0 Å². The first-order valence-electron chi connectivity index (χ1n) is 5.52. The molecule has 20 heteroatoms. The summed E-state index contributed by atoms with van der Waals surface area (Å²) in [7, 11) is 0. The van der Waals surface area contributed by atoms with Crippen LogP contribution in [0.1, 0.15) is 0 Å². The number of halogens is 14. The van der Waals surface area contributed by atoms with Crippen molar-refractivity contribution in [3.8, 4) is 0 Å². The maximum atomic E-state index is 11.5. The van der Waals surface area contributed by atoms with Gasteiger partial charge in [0.05, 0.1) is 0 Å². The number of hydrogen-bond donors (Lipinski definition) is 2. The maximum absolute atomic E-state index is 11.5. The second-order valence-corrected chi connectivity index (χ2v) is 4.46. The van der Waals surface area contributed by atoms with Crippen LogP contribution in [0.3, 0.4) is 0 Å². The third-order valence-corrected chi connectivity index (χ3v) is 2.12. The lowest BCUT2D eigenvalue weighted by atomic mass is 10.6. The van der Waals surface area contributed by atoms with E-state index in [4.69, 9.17) is 0 Å². The van der Waals surface area contributed by atoms with Gasteiger partial charge in [-0.3, -0.25) is 0 Å². The van der Waals surface area contributed by atoms with E-state index in [2.05, 4.69) is 55.1 Å². The Morgan fingerprint density at radius 2 is 0.679 bits per heavy atom. The van der Waals surface area contributed by atoms with Crippen molar-refractivity contribution in [2.75, 3.05) is 0 Å². The summed E-state index contributed by atoms with van der Waals surface area (Å²) < 4.78 is 139. The normalized spacial score (nSPS) is 15.9. The summed E-state index contributed by atoms with van der Waals surface area (Å²) in [4.78, 5) is 0. The molecule has 6 nitrogen and oxygen atoms in total. The Morgan fingerprint density at radius 1 is 0.464 bits per heavy atom. The Morgan fingerprint density at radius 3 is 0.821 bits per heavy atom. The molecule has 0 unspecified atom stereocenters. The molecule has 0 aromatic heterocycles. The number of nitrogens with two attached hydrogens (primary N) is 2. The predicted molar refractivity (Wildman–Crippen MR) is 74.0 cm³/mol. The highest BCUT2D eigenvalue weighted by atomic mass is 35.5. The van der Waals surface area contributed by atoms with Crippen molar-refractivity contribution >= 4 is 45.2 Å². The summed E-state index contributed by atoms with van der Waals surface area (Å²) in [6.07, 6.45) is -20.2. The van der Waals surface area contributed by atoms with Gasteiger partial charge in [0.25, 0.3) is 0 Å². The summed E-state index contributed by atoms with van der Waals surface area (Å²) in [5, 5.41) is 4.18. The fourth-order valence-corrected chi connectivity index (χ4v) is 0.498. The van der Waals surface area contributed by atoms with Gasteiger partial charge in [0, 0.05) is 0 Å². The third-order valence-electron chi connectivity index (χ3n) is 1.54. The van der Waals surface area contributed by atoms with E-state index in [-0.39, 0.29) is 0 Å². The SMILES string of the molecule is N/C(=N\N=C(/Cl)C(F)(F)F)C(F)(F)F.N/C(=N\N=C(/Cl)C(F)(F)F)C(F)(F)F. The van der Waals surface area contributed by atoms with Crippen LogP contribution in [-0.2, 0) is 0 Å². The van der Waals surface area contributed by atoms with E-state index >= 15 is 0 Å². The number of amidine groups is 2. The zero-order chi connectivity index (χ0) is 23.1. The summed E-state index contributed by atoms with van der Waals surface area (Å²) in [5.41, 5.74) is 8.47. The Balaban J connectivity index is 0. The maximum Gasteiger partial charge on any atom is 0.450 e.